The molecule has 3 aromatic heterocycles. The molecule has 3 aromatic rings. The summed E-state index contributed by atoms with van der Waals surface area (Å²) in [5.41, 5.74) is 1.83. The van der Waals surface area contributed by atoms with Crippen molar-refractivity contribution in [3.63, 3.8) is 0 Å². The largest absolute Gasteiger partial charge is 0.352 e. The third kappa shape index (κ3) is 2.16. The predicted molar refractivity (Wildman–Crippen MR) is 94.7 cm³/mol. The number of aryl methyl sites for hydroxylation is 2. The Morgan fingerprint density at radius 2 is 1.96 bits per heavy atom. The molecule has 2 unspecified atom stereocenters. The van der Waals surface area contributed by atoms with Gasteiger partial charge in [-0.2, -0.15) is 0 Å². The van der Waals surface area contributed by atoms with Gasteiger partial charge in [0.1, 0.15) is 18.0 Å². The molecule has 0 aliphatic carbocycles. The second kappa shape index (κ2) is 5.37. The zero-order valence-corrected chi connectivity index (χ0v) is 14.4. The highest BCUT2D eigenvalue weighted by atomic mass is 15.4. The Hall–Kier alpha value is -2.77. The van der Waals surface area contributed by atoms with Crippen LogP contribution in [-0.2, 0) is 6.54 Å². The lowest BCUT2D eigenvalue weighted by molar-refractivity contribution is 0.288. The van der Waals surface area contributed by atoms with E-state index in [9.17, 15) is 0 Å². The van der Waals surface area contributed by atoms with Crippen LogP contribution in [0, 0.1) is 6.92 Å². The van der Waals surface area contributed by atoms with Crippen molar-refractivity contribution in [3.8, 4) is 0 Å². The van der Waals surface area contributed by atoms with Crippen LogP contribution in [0.4, 0.5) is 11.6 Å². The van der Waals surface area contributed by atoms with Gasteiger partial charge in [-0.25, -0.2) is 24.9 Å². The summed E-state index contributed by atoms with van der Waals surface area (Å²) in [5, 5.41) is 0. The summed E-state index contributed by atoms with van der Waals surface area (Å²) < 4.78 is 2.06. The van der Waals surface area contributed by atoms with Crippen molar-refractivity contribution in [1.82, 2.24) is 29.5 Å². The van der Waals surface area contributed by atoms with Crippen molar-refractivity contribution in [2.45, 2.75) is 38.9 Å². The Bertz CT molecular complexity index is 923. The van der Waals surface area contributed by atoms with Crippen LogP contribution in [0.5, 0.6) is 0 Å². The lowest BCUT2D eigenvalue weighted by atomic mass is 9.87. The minimum atomic E-state index is 0.443. The molecule has 0 radical (unpaired) electrons. The van der Waals surface area contributed by atoms with Gasteiger partial charge in [0, 0.05) is 25.8 Å². The first-order chi connectivity index (χ1) is 12.2. The molecule has 2 bridgehead atoms. The third-order valence-electron chi connectivity index (χ3n) is 5.25. The van der Waals surface area contributed by atoms with Gasteiger partial charge in [0.05, 0.1) is 18.4 Å². The Kier molecular flexibility index (Phi) is 3.13. The Morgan fingerprint density at radius 3 is 2.72 bits per heavy atom. The van der Waals surface area contributed by atoms with Crippen molar-refractivity contribution >= 4 is 22.8 Å². The van der Waals surface area contributed by atoms with Gasteiger partial charge in [-0.3, -0.25) is 0 Å². The highest BCUT2D eigenvalue weighted by Crippen LogP contribution is 2.39. The number of piperidine rings is 1. The van der Waals surface area contributed by atoms with Gasteiger partial charge in [0.15, 0.2) is 17.0 Å². The van der Waals surface area contributed by atoms with Crippen LogP contribution in [0.15, 0.2) is 24.9 Å². The minimum absolute atomic E-state index is 0.443. The zero-order valence-electron chi connectivity index (χ0n) is 14.4. The van der Waals surface area contributed by atoms with E-state index in [2.05, 4.69) is 46.2 Å². The molecule has 8 heteroatoms. The predicted octanol–water partition coefficient (Wildman–Crippen LogP) is 1.41. The van der Waals surface area contributed by atoms with Gasteiger partial charge >= 0.3 is 0 Å². The summed E-state index contributed by atoms with van der Waals surface area (Å²) >= 11 is 0. The average molecular weight is 336 g/mol. The summed E-state index contributed by atoms with van der Waals surface area (Å²) in [5.74, 6) is 2.80. The number of aromatic nitrogens is 6. The van der Waals surface area contributed by atoms with E-state index < -0.39 is 0 Å². The maximum absolute atomic E-state index is 4.57. The maximum Gasteiger partial charge on any atom is 0.165 e. The van der Waals surface area contributed by atoms with E-state index in [-0.39, 0.29) is 0 Å². The van der Waals surface area contributed by atoms with Crippen LogP contribution in [-0.4, -0.2) is 54.7 Å². The highest BCUT2D eigenvalue weighted by molar-refractivity contribution is 5.84. The number of piperazine rings is 1. The number of fused-ring (bicyclic) bond motifs is 3. The monoisotopic (exact) mass is 336 g/mol. The molecule has 2 atom stereocenters. The Labute approximate surface area is 145 Å². The summed E-state index contributed by atoms with van der Waals surface area (Å²) in [6.07, 6.45) is 6.54. The molecule has 8 nitrogen and oxygen atoms in total. The number of rotatable bonds is 3. The molecule has 0 N–H and O–H groups in total. The molecule has 6 heterocycles. The van der Waals surface area contributed by atoms with E-state index >= 15 is 0 Å². The molecule has 3 aliphatic heterocycles. The van der Waals surface area contributed by atoms with E-state index in [1.165, 1.54) is 6.42 Å². The molecule has 0 saturated carbocycles. The lowest BCUT2D eigenvalue weighted by Crippen LogP contribution is -2.69. The van der Waals surface area contributed by atoms with Gasteiger partial charge in [-0.05, 0) is 26.3 Å². The van der Waals surface area contributed by atoms with E-state index in [4.69, 9.17) is 0 Å². The first kappa shape index (κ1) is 14.6. The summed E-state index contributed by atoms with van der Waals surface area (Å²) in [6.45, 7) is 6.80. The molecule has 0 spiro atoms. The first-order valence-corrected chi connectivity index (χ1v) is 8.73. The van der Waals surface area contributed by atoms with Crippen LogP contribution in [0.25, 0.3) is 11.2 Å². The Balaban J connectivity index is 1.44. The number of nitrogens with zero attached hydrogens (tertiary/aromatic N) is 8. The van der Waals surface area contributed by atoms with E-state index in [0.717, 1.165) is 48.3 Å². The van der Waals surface area contributed by atoms with Gasteiger partial charge in [-0.15, -0.1) is 0 Å². The second-order valence-corrected chi connectivity index (χ2v) is 6.72. The van der Waals surface area contributed by atoms with Gasteiger partial charge in [-0.1, -0.05) is 0 Å². The van der Waals surface area contributed by atoms with Crippen LogP contribution in [0.1, 0.15) is 19.2 Å². The van der Waals surface area contributed by atoms with Crippen LogP contribution in [0.2, 0.25) is 0 Å². The van der Waals surface area contributed by atoms with Crippen LogP contribution < -0.4 is 9.80 Å². The normalized spacial score (nSPS) is 22.3. The van der Waals surface area contributed by atoms with Gasteiger partial charge < -0.3 is 14.4 Å². The molecule has 0 aromatic carbocycles. The molecular formula is C17H20N8. The second-order valence-electron chi connectivity index (χ2n) is 6.72. The van der Waals surface area contributed by atoms with Gasteiger partial charge in [0.25, 0.3) is 0 Å². The number of anilines is 2. The fourth-order valence-corrected chi connectivity index (χ4v) is 4.05. The quantitative estimate of drug-likeness (QED) is 0.716. The number of hydrogen-bond acceptors (Lipinski definition) is 7. The number of hydrogen-bond donors (Lipinski definition) is 0. The van der Waals surface area contributed by atoms with Crippen molar-refractivity contribution in [3.05, 3.63) is 30.7 Å². The molecular weight excluding hydrogens is 316 g/mol. The average Bonchev–Trinajstić information content (AvgIpc) is 3.06. The summed E-state index contributed by atoms with van der Waals surface area (Å²) in [6, 6.07) is 2.88. The molecule has 3 fully saturated rings. The third-order valence-corrected chi connectivity index (χ3v) is 5.25. The SMILES string of the molecule is CCn1cnc2c(N3C4CC3CN(c3ccnc(C)n3)C4)ncnc21. The van der Waals surface area contributed by atoms with E-state index in [0.29, 0.717) is 12.1 Å². The molecule has 25 heavy (non-hydrogen) atoms. The summed E-state index contributed by atoms with van der Waals surface area (Å²) in [7, 11) is 0. The van der Waals surface area contributed by atoms with Crippen molar-refractivity contribution in [2.75, 3.05) is 22.9 Å². The minimum Gasteiger partial charge on any atom is -0.352 e. The van der Waals surface area contributed by atoms with E-state index in [1.807, 2.05) is 25.5 Å². The molecule has 0 amide bonds. The molecule has 128 valence electrons. The highest BCUT2D eigenvalue weighted by Gasteiger charge is 2.46. The van der Waals surface area contributed by atoms with Crippen molar-refractivity contribution in [1.29, 1.82) is 0 Å². The molecule has 6 rings (SSSR count). The van der Waals surface area contributed by atoms with Crippen molar-refractivity contribution in [2.24, 2.45) is 0 Å². The molecule has 3 aliphatic rings. The fraction of sp³-hybridized carbons (Fsp3) is 0.471. The van der Waals surface area contributed by atoms with Crippen LogP contribution >= 0.6 is 0 Å². The fourth-order valence-electron chi connectivity index (χ4n) is 4.05. The summed E-state index contributed by atoms with van der Waals surface area (Å²) in [4.78, 5) is 27.1. The lowest BCUT2D eigenvalue weighted by Gasteiger charge is -2.57. The topological polar surface area (TPSA) is 75.9 Å². The molecule has 3 saturated heterocycles. The van der Waals surface area contributed by atoms with Crippen molar-refractivity contribution < 1.29 is 0 Å². The zero-order chi connectivity index (χ0) is 17.0. The standard InChI is InChI=1S/C17H20N8/c1-3-23-10-21-15-16(23)19-9-20-17(15)25-12-6-13(25)8-24(7-12)14-4-5-18-11(2)22-14/h4-5,9-10,12-13H,3,6-8H2,1-2H3. The van der Waals surface area contributed by atoms with Gasteiger partial charge in [0.2, 0.25) is 0 Å². The smallest absolute Gasteiger partial charge is 0.165 e. The first-order valence-electron chi connectivity index (χ1n) is 8.73. The number of imidazole rings is 1. The van der Waals surface area contributed by atoms with E-state index in [1.54, 1.807) is 6.33 Å². The maximum atomic E-state index is 4.57. The van der Waals surface area contributed by atoms with Crippen LogP contribution in [0.3, 0.4) is 0 Å². The Morgan fingerprint density at radius 1 is 1.12 bits per heavy atom.